The Labute approximate surface area is 115 Å². The molecule has 0 atom stereocenters. The number of halogens is 2. The second-order valence-electron chi connectivity index (χ2n) is 3.16. The lowest BCUT2D eigenvalue weighted by atomic mass is 10.3. The number of nitro benzene ring substituents is 1. The Morgan fingerprint density at radius 3 is 2.83 bits per heavy atom. The molecule has 0 aliphatic carbocycles. The molecule has 3 N–H and O–H groups in total. The summed E-state index contributed by atoms with van der Waals surface area (Å²) in [6.07, 6.45) is -0.0112. The van der Waals surface area contributed by atoms with E-state index in [4.69, 9.17) is 22.2 Å². The molecule has 0 bridgehead atoms. The molecule has 7 nitrogen and oxygen atoms in total. The Bertz CT molecular complexity index is 483. The van der Waals surface area contributed by atoms with E-state index >= 15 is 0 Å². The van der Waals surface area contributed by atoms with Crippen molar-refractivity contribution in [3.8, 4) is 5.75 Å². The van der Waals surface area contributed by atoms with Crippen LogP contribution in [0.4, 0.5) is 5.69 Å². The molecule has 1 aromatic rings. The number of ether oxygens (including phenoxy) is 1. The second-order valence-corrected chi connectivity index (χ2v) is 4.45. The molecule has 18 heavy (non-hydrogen) atoms. The molecule has 1 rings (SSSR count). The highest BCUT2D eigenvalue weighted by atomic mass is 79.9. The number of nitrogens with zero attached hydrogens (tertiary/aromatic N) is 1. The van der Waals surface area contributed by atoms with E-state index in [9.17, 15) is 14.9 Å². The fraction of sp³-hybridized carbons (Fsp3) is 0.222. The van der Waals surface area contributed by atoms with Crippen molar-refractivity contribution in [2.45, 2.75) is 6.42 Å². The quantitative estimate of drug-likeness (QED) is 0.368. The number of nitrogens with two attached hydrogens (primary N) is 1. The molecule has 0 saturated carbocycles. The Hall–Kier alpha value is -1.38. The SMILES string of the molecule is NNC(=O)CCOc1c(Br)cc(Cl)cc1[N+](=O)[O-]. The highest BCUT2D eigenvalue weighted by Gasteiger charge is 2.20. The van der Waals surface area contributed by atoms with Crippen molar-refractivity contribution in [1.82, 2.24) is 5.43 Å². The molecule has 0 saturated heterocycles. The van der Waals surface area contributed by atoms with Gasteiger partial charge in [0.15, 0.2) is 0 Å². The van der Waals surface area contributed by atoms with E-state index in [0.717, 1.165) is 0 Å². The van der Waals surface area contributed by atoms with Crippen molar-refractivity contribution >= 4 is 39.1 Å². The molecule has 0 spiro atoms. The van der Waals surface area contributed by atoms with Gasteiger partial charge in [0.1, 0.15) is 0 Å². The summed E-state index contributed by atoms with van der Waals surface area (Å²) in [4.78, 5) is 21.1. The number of hydrogen-bond donors (Lipinski definition) is 2. The molecule has 0 aliphatic rings. The van der Waals surface area contributed by atoms with E-state index in [1.165, 1.54) is 12.1 Å². The van der Waals surface area contributed by atoms with E-state index in [-0.39, 0.29) is 29.5 Å². The third-order valence-corrected chi connectivity index (χ3v) is 2.73. The molecule has 1 aromatic carbocycles. The molecule has 98 valence electrons. The summed E-state index contributed by atoms with van der Waals surface area (Å²) in [5.74, 6) is 4.48. The van der Waals surface area contributed by atoms with Gasteiger partial charge in [-0.05, 0) is 22.0 Å². The van der Waals surface area contributed by atoms with Gasteiger partial charge in [-0.3, -0.25) is 20.3 Å². The van der Waals surface area contributed by atoms with Gasteiger partial charge in [-0.1, -0.05) is 11.6 Å². The summed E-state index contributed by atoms with van der Waals surface area (Å²) in [6, 6.07) is 2.64. The molecule has 9 heteroatoms. The highest BCUT2D eigenvalue weighted by Crippen LogP contribution is 2.37. The van der Waals surface area contributed by atoms with E-state index in [0.29, 0.717) is 4.47 Å². The smallest absolute Gasteiger partial charge is 0.313 e. The normalized spacial score (nSPS) is 9.94. The molecule has 0 unspecified atom stereocenters. The number of amides is 1. The first kappa shape index (κ1) is 14.7. The monoisotopic (exact) mass is 337 g/mol. The Kier molecular flexibility index (Phi) is 5.32. The van der Waals surface area contributed by atoms with Gasteiger partial charge >= 0.3 is 5.69 Å². The third kappa shape index (κ3) is 3.83. The summed E-state index contributed by atoms with van der Waals surface area (Å²) in [5, 5.41) is 11.0. The summed E-state index contributed by atoms with van der Waals surface area (Å²) in [6.45, 7) is -0.0376. The first-order valence-corrected chi connectivity index (χ1v) is 5.88. The zero-order valence-electron chi connectivity index (χ0n) is 8.98. The van der Waals surface area contributed by atoms with Crippen LogP contribution in [0.15, 0.2) is 16.6 Å². The molecule has 1 amide bonds. The number of nitro groups is 1. The van der Waals surface area contributed by atoms with Crippen LogP contribution in [0.1, 0.15) is 6.42 Å². The van der Waals surface area contributed by atoms with Crippen LogP contribution < -0.4 is 16.0 Å². The first-order chi connectivity index (χ1) is 8.45. The lowest BCUT2D eigenvalue weighted by Crippen LogP contribution is -2.31. The predicted molar refractivity (Wildman–Crippen MR) is 68.2 cm³/mol. The molecular formula is C9H9BrClN3O4. The van der Waals surface area contributed by atoms with Crippen LogP contribution >= 0.6 is 27.5 Å². The predicted octanol–water partition coefficient (Wildman–Crippen LogP) is 1.77. The van der Waals surface area contributed by atoms with Crippen LogP contribution in [-0.2, 0) is 4.79 Å². The zero-order valence-corrected chi connectivity index (χ0v) is 11.3. The Morgan fingerprint density at radius 2 is 2.28 bits per heavy atom. The average Bonchev–Trinajstić information content (AvgIpc) is 2.30. The molecule has 0 aromatic heterocycles. The van der Waals surface area contributed by atoms with Gasteiger partial charge in [0, 0.05) is 11.1 Å². The zero-order chi connectivity index (χ0) is 13.7. The topological polar surface area (TPSA) is 107 Å². The van der Waals surface area contributed by atoms with Crippen LogP contribution in [0.3, 0.4) is 0 Å². The van der Waals surface area contributed by atoms with Gasteiger partial charge < -0.3 is 4.74 Å². The van der Waals surface area contributed by atoms with E-state index < -0.39 is 10.8 Å². The summed E-state index contributed by atoms with van der Waals surface area (Å²) >= 11 is 8.81. The average molecular weight is 339 g/mol. The Balaban J connectivity index is 2.87. The van der Waals surface area contributed by atoms with Gasteiger partial charge in [-0.15, -0.1) is 0 Å². The van der Waals surface area contributed by atoms with Crippen molar-refractivity contribution in [1.29, 1.82) is 0 Å². The van der Waals surface area contributed by atoms with E-state index in [1.54, 1.807) is 0 Å². The molecule has 0 heterocycles. The van der Waals surface area contributed by atoms with Crippen LogP contribution in [0.2, 0.25) is 5.02 Å². The fourth-order valence-electron chi connectivity index (χ4n) is 1.14. The van der Waals surface area contributed by atoms with Crippen molar-refractivity contribution in [3.63, 3.8) is 0 Å². The largest absolute Gasteiger partial charge is 0.485 e. The van der Waals surface area contributed by atoms with Crippen LogP contribution in [0, 0.1) is 10.1 Å². The van der Waals surface area contributed by atoms with Crippen LogP contribution in [0.5, 0.6) is 5.75 Å². The third-order valence-electron chi connectivity index (χ3n) is 1.92. The van der Waals surface area contributed by atoms with Crippen molar-refractivity contribution < 1.29 is 14.5 Å². The fourth-order valence-corrected chi connectivity index (χ4v) is 2.05. The number of hydrazine groups is 1. The van der Waals surface area contributed by atoms with Gasteiger partial charge in [0.25, 0.3) is 0 Å². The van der Waals surface area contributed by atoms with Crippen molar-refractivity contribution in [3.05, 3.63) is 31.7 Å². The summed E-state index contributed by atoms with van der Waals surface area (Å²) in [7, 11) is 0. The minimum atomic E-state index is -0.616. The van der Waals surface area contributed by atoms with Gasteiger partial charge in [0.05, 0.1) is 22.4 Å². The molecule has 0 aliphatic heterocycles. The van der Waals surface area contributed by atoms with E-state index in [1.807, 2.05) is 5.43 Å². The lowest BCUT2D eigenvalue weighted by Gasteiger charge is -2.08. The maximum atomic E-state index is 10.9. The van der Waals surface area contributed by atoms with Crippen molar-refractivity contribution in [2.75, 3.05) is 6.61 Å². The molecular weight excluding hydrogens is 329 g/mol. The summed E-state index contributed by atoms with van der Waals surface area (Å²) in [5.41, 5.74) is 1.65. The van der Waals surface area contributed by atoms with Crippen LogP contribution in [0.25, 0.3) is 0 Å². The number of carbonyl (C=O) groups is 1. The maximum absolute atomic E-state index is 10.9. The molecule has 0 radical (unpaired) electrons. The number of hydrogen-bond acceptors (Lipinski definition) is 5. The minimum Gasteiger partial charge on any atom is -0.485 e. The number of benzene rings is 1. The van der Waals surface area contributed by atoms with E-state index in [2.05, 4.69) is 15.9 Å². The van der Waals surface area contributed by atoms with Crippen molar-refractivity contribution in [2.24, 2.45) is 5.84 Å². The van der Waals surface area contributed by atoms with Gasteiger partial charge in [-0.25, -0.2) is 5.84 Å². The highest BCUT2D eigenvalue weighted by molar-refractivity contribution is 9.10. The van der Waals surface area contributed by atoms with Gasteiger partial charge in [-0.2, -0.15) is 0 Å². The first-order valence-electron chi connectivity index (χ1n) is 4.71. The standard InChI is InChI=1S/C9H9BrClN3O4/c10-6-3-5(11)4-7(14(16)17)9(6)18-2-1-8(15)13-12/h3-4H,1-2,12H2,(H,13,15). The lowest BCUT2D eigenvalue weighted by molar-refractivity contribution is -0.385. The summed E-state index contributed by atoms with van der Waals surface area (Å²) < 4.78 is 5.54. The number of nitrogens with one attached hydrogen (secondary N) is 1. The van der Waals surface area contributed by atoms with Gasteiger partial charge in [0.2, 0.25) is 11.7 Å². The minimum absolute atomic E-state index is 0.0112. The van der Waals surface area contributed by atoms with Crippen LogP contribution in [-0.4, -0.2) is 17.4 Å². The number of carbonyl (C=O) groups excluding carboxylic acids is 1. The number of rotatable bonds is 5. The maximum Gasteiger partial charge on any atom is 0.313 e. The second kappa shape index (κ2) is 6.53. The Morgan fingerprint density at radius 1 is 1.61 bits per heavy atom. The molecule has 0 fully saturated rings.